The van der Waals surface area contributed by atoms with Crippen LogP contribution in [0.3, 0.4) is 0 Å². The Bertz CT molecular complexity index is 1500. The zero-order chi connectivity index (χ0) is 26.1. The molecule has 0 amide bonds. The van der Waals surface area contributed by atoms with Gasteiger partial charge in [0, 0.05) is 36.4 Å². The normalized spacial score (nSPS) is 13.6. The van der Waals surface area contributed by atoms with Crippen molar-refractivity contribution in [3.63, 3.8) is 0 Å². The van der Waals surface area contributed by atoms with Crippen molar-refractivity contribution < 1.29 is 9.47 Å². The van der Waals surface area contributed by atoms with Gasteiger partial charge >= 0.3 is 0 Å². The number of ether oxygens (including phenoxy) is 2. The highest BCUT2D eigenvalue weighted by molar-refractivity contribution is 7.17. The van der Waals surface area contributed by atoms with Gasteiger partial charge in [0.25, 0.3) is 5.56 Å². The molecule has 5 rings (SSSR count). The maximum absolute atomic E-state index is 13.8. The molecule has 0 bridgehead atoms. The number of fused-ring (bicyclic) bond motifs is 1. The SMILES string of the molecule is COc1cccc(/C=C/c2nc3sc(C4CC4)cn3c(=O)c2-c2ccc(N(C)C)cc2)c1OCC(C)C. The van der Waals surface area contributed by atoms with Crippen LogP contribution in [0.1, 0.15) is 48.7 Å². The van der Waals surface area contributed by atoms with Crippen LogP contribution in [-0.2, 0) is 0 Å². The molecule has 0 spiro atoms. The molecule has 0 saturated heterocycles. The van der Waals surface area contributed by atoms with Crippen LogP contribution in [0.4, 0.5) is 5.69 Å². The van der Waals surface area contributed by atoms with Crippen LogP contribution in [-0.4, -0.2) is 37.2 Å². The molecule has 2 heterocycles. The smallest absolute Gasteiger partial charge is 0.267 e. The Kier molecular flexibility index (Phi) is 7.07. The molecule has 0 unspecified atom stereocenters. The third kappa shape index (κ3) is 5.27. The molecule has 0 aliphatic heterocycles. The number of thiazole rings is 1. The number of para-hydroxylation sites is 1. The first-order valence-corrected chi connectivity index (χ1v) is 13.5. The van der Waals surface area contributed by atoms with Crippen LogP contribution in [0.2, 0.25) is 0 Å². The van der Waals surface area contributed by atoms with Crippen molar-refractivity contribution in [2.75, 3.05) is 32.7 Å². The van der Waals surface area contributed by atoms with Gasteiger partial charge in [-0.2, -0.15) is 0 Å². The molecule has 37 heavy (non-hydrogen) atoms. The van der Waals surface area contributed by atoms with Gasteiger partial charge in [0.05, 0.1) is 25.0 Å². The Hall–Kier alpha value is -3.58. The fourth-order valence-corrected chi connectivity index (χ4v) is 5.40. The minimum Gasteiger partial charge on any atom is -0.493 e. The van der Waals surface area contributed by atoms with Gasteiger partial charge in [-0.3, -0.25) is 9.20 Å². The van der Waals surface area contributed by atoms with E-state index >= 15 is 0 Å². The minimum absolute atomic E-state index is 0.0488. The lowest BCUT2D eigenvalue weighted by Crippen LogP contribution is -2.17. The highest BCUT2D eigenvalue weighted by Crippen LogP contribution is 2.43. The Morgan fingerprint density at radius 1 is 1.14 bits per heavy atom. The van der Waals surface area contributed by atoms with Crippen LogP contribution in [0.5, 0.6) is 11.5 Å². The number of hydrogen-bond donors (Lipinski definition) is 0. The molecular formula is C30H33N3O3S. The third-order valence-corrected chi connectivity index (χ3v) is 7.58. The predicted octanol–water partition coefficient (Wildman–Crippen LogP) is 6.58. The summed E-state index contributed by atoms with van der Waals surface area (Å²) >= 11 is 1.62. The van der Waals surface area contributed by atoms with E-state index in [9.17, 15) is 4.79 Å². The highest BCUT2D eigenvalue weighted by atomic mass is 32.1. The lowest BCUT2D eigenvalue weighted by atomic mass is 10.0. The third-order valence-electron chi connectivity index (χ3n) is 6.44. The second kappa shape index (κ2) is 10.4. The van der Waals surface area contributed by atoms with Crippen molar-refractivity contribution in [3.05, 3.63) is 75.1 Å². The van der Waals surface area contributed by atoms with Gasteiger partial charge < -0.3 is 14.4 Å². The number of nitrogens with zero attached hydrogens (tertiary/aromatic N) is 3. The van der Waals surface area contributed by atoms with Crippen molar-refractivity contribution in [1.82, 2.24) is 9.38 Å². The summed E-state index contributed by atoms with van der Waals surface area (Å²) in [7, 11) is 5.65. The van der Waals surface area contributed by atoms with Crippen molar-refractivity contribution in [1.29, 1.82) is 0 Å². The molecule has 7 heteroatoms. The summed E-state index contributed by atoms with van der Waals surface area (Å²) in [6.45, 7) is 4.81. The average molecular weight is 516 g/mol. The predicted molar refractivity (Wildman–Crippen MR) is 153 cm³/mol. The summed E-state index contributed by atoms with van der Waals surface area (Å²) in [6.07, 6.45) is 8.23. The van der Waals surface area contributed by atoms with E-state index in [1.807, 2.05) is 79.8 Å². The molecule has 6 nitrogen and oxygen atoms in total. The lowest BCUT2D eigenvalue weighted by Gasteiger charge is -2.15. The van der Waals surface area contributed by atoms with Crippen molar-refractivity contribution >= 4 is 34.1 Å². The number of aromatic nitrogens is 2. The summed E-state index contributed by atoms with van der Waals surface area (Å²) in [5.74, 6) is 2.31. The molecule has 1 saturated carbocycles. The van der Waals surface area contributed by atoms with Crippen LogP contribution >= 0.6 is 11.3 Å². The minimum atomic E-state index is -0.0488. The van der Waals surface area contributed by atoms with E-state index in [0.29, 0.717) is 41.2 Å². The van der Waals surface area contributed by atoms with Crippen molar-refractivity contribution in [3.8, 4) is 22.6 Å². The quantitative estimate of drug-likeness (QED) is 0.252. The van der Waals surface area contributed by atoms with Gasteiger partial charge in [0.2, 0.25) is 0 Å². The molecule has 0 atom stereocenters. The number of rotatable bonds is 9. The number of benzene rings is 2. The summed E-state index contributed by atoms with van der Waals surface area (Å²) in [4.78, 5) is 22.8. The zero-order valence-electron chi connectivity index (χ0n) is 22.0. The van der Waals surface area contributed by atoms with Crippen molar-refractivity contribution in [2.24, 2.45) is 5.92 Å². The molecule has 2 aromatic heterocycles. The maximum atomic E-state index is 13.8. The van der Waals surface area contributed by atoms with Crippen LogP contribution in [0.15, 0.2) is 53.5 Å². The second-order valence-electron chi connectivity index (χ2n) is 10.1. The van der Waals surface area contributed by atoms with Gasteiger partial charge in [0.15, 0.2) is 16.5 Å². The average Bonchev–Trinajstić information content (AvgIpc) is 3.65. The Morgan fingerprint density at radius 2 is 1.89 bits per heavy atom. The van der Waals surface area contributed by atoms with E-state index in [1.165, 1.54) is 17.7 Å². The van der Waals surface area contributed by atoms with Gasteiger partial charge in [-0.25, -0.2) is 4.98 Å². The van der Waals surface area contributed by atoms with Crippen LogP contribution in [0.25, 0.3) is 28.2 Å². The van der Waals surface area contributed by atoms with Gasteiger partial charge in [-0.05, 0) is 60.6 Å². The molecule has 1 fully saturated rings. The second-order valence-corrected chi connectivity index (χ2v) is 11.1. The number of hydrogen-bond acceptors (Lipinski definition) is 6. The summed E-state index contributed by atoms with van der Waals surface area (Å²) in [5, 5.41) is 0. The monoisotopic (exact) mass is 515 g/mol. The first-order valence-electron chi connectivity index (χ1n) is 12.7. The zero-order valence-corrected chi connectivity index (χ0v) is 22.8. The molecular weight excluding hydrogens is 482 g/mol. The Balaban J connectivity index is 1.63. The van der Waals surface area contributed by atoms with Crippen LogP contribution < -0.4 is 19.9 Å². The molecule has 192 valence electrons. The number of anilines is 1. The van der Waals surface area contributed by atoms with E-state index in [1.54, 1.807) is 22.8 Å². The summed E-state index contributed by atoms with van der Waals surface area (Å²) in [5.41, 5.74) is 3.98. The molecule has 4 aromatic rings. The fourth-order valence-electron chi connectivity index (χ4n) is 4.25. The largest absolute Gasteiger partial charge is 0.493 e. The Labute approximate surface area is 221 Å². The van der Waals surface area contributed by atoms with Crippen molar-refractivity contribution in [2.45, 2.75) is 32.6 Å². The van der Waals surface area contributed by atoms with E-state index in [0.717, 1.165) is 21.8 Å². The van der Waals surface area contributed by atoms with E-state index in [4.69, 9.17) is 14.5 Å². The molecule has 1 aliphatic carbocycles. The standard InChI is InChI=1S/C30H33N3O3S/c1-19(2)18-36-28-22(7-6-8-25(28)35-5)13-16-24-27(21-11-14-23(15-12-21)32(3)4)29(34)33-17-26(20-9-10-20)37-30(33)31-24/h6-8,11-17,19-20H,9-10,18H2,1-5H3/b16-13+. The van der Waals surface area contributed by atoms with E-state index in [2.05, 4.69) is 13.8 Å². The summed E-state index contributed by atoms with van der Waals surface area (Å²) in [6, 6.07) is 13.9. The maximum Gasteiger partial charge on any atom is 0.267 e. The lowest BCUT2D eigenvalue weighted by molar-refractivity contribution is 0.256. The van der Waals surface area contributed by atoms with Gasteiger partial charge in [0.1, 0.15) is 0 Å². The molecule has 1 aliphatic rings. The topological polar surface area (TPSA) is 56.1 Å². The first-order chi connectivity index (χ1) is 17.9. The van der Waals surface area contributed by atoms with E-state index in [-0.39, 0.29) is 5.56 Å². The van der Waals surface area contributed by atoms with E-state index < -0.39 is 0 Å². The van der Waals surface area contributed by atoms with Crippen LogP contribution in [0, 0.1) is 5.92 Å². The summed E-state index contributed by atoms with van der Waals surface area (Å²) < 4.78 is 13.4. The first kappa shape index (κ1) is 25.1. The van der Waals surface area contributed by atoms with Gasteiger partial charge in [-0.15, -0.1) is 11.3 Å². The van der Waals surface area contributed by atoms with Gasteiger partial charge in [-0.1, -0.05) is 38.1 Å². The molecule has 0 radical (unpaired) electrons. The number of methoxy groups -OCH3 is 1. The molecule has 2 aromatic carbocycles. The fraction of sp³-hybridized carbons (Fsp3) is 0.333. The molecule has 0 N–H and O–H groups in total. The highest BCUT2D eigenvalue weighted by Gasteiger charge is 2.27. The Morgan fingerprint density at radius 3 is 2.54 bits per heavy atom.